The highest BCUT2D eigenvalue weighted by molar-refractivity contribution is 6.30. The van der Waals surface area contributed by atoms with Crippen LogP contribution >= 0.6 is 23.2 Å². The molecule has 0 aliphatic rings. The van der Waals surface area contributed by atoms with E-state index in [1.54, 1.807) is 74.5 Å². The Morgan fingerprint density at radius 3 is 1.23 bits per heavy atom. The van der Waals surface area contributed by atoms with Crippen molar-refractivity contribution in [2.45, 2.75) is 40.9 Å². The van der Waals surface area contributed by atoms with E-state index in [1.807, 2.05) is 0 Å². The summed E-state index contributed by atoms with van der Waals surface area (Å²) in [7, 11) is 0. The zero-order valence-corrected chi connectivity index (χ0v) is 25.9. The lowest BCUT2D eigenvalue weighted by Gasteiger charge is -2.20. The second-order valence-corrected chi connectivity index (χ2v) is 10.8. The standard InChI is InChI=1S/C34H28Cl2O8/c1-19-13-27(43-21(3)37)15-29(33(39)41-17-23-5-9-25(35)10-6-23)31(19)32-20(2)14-28(44-22(4)38)16-30(32)34(40)42-18-24-7-11-26(36)12-8-24/h5-16H,17-18H2,1-4H3. The molecular formula is C34H28Cl2O8. The average Bonchev–Trinajstić information content (AvgIpc) is 2.95. The van der Waals surface area contributed by atoms with Crippen LogP contribution in [0.3, 0.4) is 0 Å². The van der Waals surface area contributed by atoms with E-state index in [9.17, 15) is 19.2 Å². The fraction of sp³-hybridized carbons (Fsp3) is 0.176. The van der Waals surface area contributed by atoms with Crippen LogP contribution in [0.4, 0.5) is 0 Å². The molecular weight excluding hydrogens is 607 g/mol. The van der Waals surface area contributed by atoms with Crippen molar-refractivity contribution in [1.82, 2.24) is 0 Å². The molecule has 0 spiro atoms. The van der Waals surface area contributed by atoms with Gasteiger partial charge in [-0.3, -0.25) is 9.59 Å². The van der Waals surface area contributed by atoms with E-state index in [4.69, 9.17) is 42.1 Å². The van der Waals surface area contributed by atoms with Crippen LogP contribution in [0.25, 0.3) is 11.1 Å². The molecule has 4 rings (SSSR count). The molecule has 4 aromatic rings. The minimum Gasteiger partial charge on any atom is -0.457 e. The number of halogens is 2. The zero-order chi connectivity index (χ0) is 32.0. The van der Waals surface area contributed by atoms with Crippen molar-refractivity contribution < 1.29 is 38.1 Å². The van der Waals surface area contributed by atoms with E-state index < -0.39 is 23.9 Å². The van der Waals surface area contributed by atoms with Crippen LogP contribution in [0.15, 0.2) is 72.8 Å². The maximum absolute atomic E-state index is 13.6. The lowest BCUT2D eigenvalue weighted by Crippen LogP contribution is -2.14. The number of carbonyl (C=O) groups excluding carboxylic acids is 4. The third kappa shape index (κ3) is 8.24. The number of benzene rings is 4. The Bertz CT molecular complexity index is 1600. The summed E-state index contributed by atoms with van der Waals surface area (Å²) in [5, 5.41) is 1.07. The molecule has 44 heavy (non-hydrogen) atoms. The van der Waals surface area contributed by atoms with E-state index in [-0.39, 0.29) is 35.8 Å². The van der Waals surface area contributed by atoms with Crippen LogP contribution in [0.2, 0.25) is 10.0 Å². The van der Waals surface area contributed by atoms with E-state index >= 15 is 0 Å². The van der Waals surface area contributed by atoms with E-state index in [2.05, 4.69) is 0 Å². The summed E-state index contributed by atoms with van der Waals surface area (Å²) >= 11 is 11.9. The van der Waals surface area contributed by atoms with Gasteiger partial charge in [-0.1, -0.05) is 47.5 Å². The van der Waals surface area contributed by atoms with E-state index in [1.165, 1.54) is 26.0 Å². The normalized spacial score (nSPS) is 10.6. The van der Waals surface area contributed by atoms with Crippen molar-refractivity contribution in [3.05, 3.63) is 116 Å². The van der Waals surface area contributed by atoms with Gasteiger partial charge >= 0.3 is 23.9 Å². The highest BCUT2D eigenvalue weighted by Gasteiger charge is 2.26. The van der Waals surface area contributed by atoms with Gasteiger partial charge in [-0.15, -0.1) is 0 Å². The lowest BCUT2D eigenvalue weighted by molar-refractivity contribution is -0.132. The number of hydrogen-bond acceptors (Lipinski definition) is 8. The topological polar surface area (TPSA) is 105 Å². The number of ether oxygens (including phenoxy) is 4. The summed E-state index contributed by atoms with van der Waals surface area (Å²) in [6.07, 6.45) is 0. The number of esters is 4. The molecule has 8 nitrogen and oxygen atoms in total. The van der Waals surface area contributed by atoms with Gasteiger partial charge in [0.2, 0.25) is 0 Å². The molecule has 0 unspecified atom stereocenters. The Labute approximate surface area is 264 Å². The van der Waals surface area contributed by atoms with Crippen LogP contribution in [0.5, 0.6) is 11.5 Å². The van der Waals surface area contributed by atoms with Crippen molar-refractivity contribution in [3.8, 4) is 22.6 Å². The van der Waals surface area contributed by atoms with Crippen LogP contribution < -0.4 is 9.47 Å². The second kappa shape index (κ2) is 14.2. The molecule has 0 saturated carbocycles. The third-order valence-electron chi connectivity index (χ3n) is 6.40. The molecule has 0 fully saturated rings. The van der Waals surface area contributed by atoms with Gasteiger partial charge in [0.05, 0.1) is 11.1 Å². The molecule has 0 heterocycles. The van der Waals surface area contributed by atoms with Crippen molar-refractivity contribution in [2.75, 3.05) is 0 Å². The van der Waals surface area contributed by atoms with Gasteiger partial charge in [-0.25, -0.2) is 9.59 Å². The van der Waals surface area contributed by atoms with Gasteiger partial charge in [0.1, 0.15) is 24.7 Å². The molecule has 226 valence electrons. The summed E-state index contributed by atoms with van der Waals surface area (Å²) in [6.45, 7) is 5.78. The van der Waals surface area contributed by atoms with Crippen molar-refractivity contribution in [2.24, 2.45) is 0 Å². The maximum atomic E-state index is 13.6. The lowest BCUT2D eigenvalue weighted by atomic mass is 9.88. The third-order valence-corrected chi connectivity index (χ3v) is 6.90. The van der Waals surface area contributed by atoms with Crippen LogP contribution in [-0.2, 0) is 32.3 Å². The Balaban J connectivity index is 1.82. The summed E-state index contributed by atoms with van der Waals surface area (Å²) < 4.78 is 21.9. The molecule has 4 aromatic carbocycles. The summed E-state index contributed by atoms with van der Waals surface area (Å²) in [5.74, 6) is -2.36. The van der Waals surface area contributed by atoms with Gasteiger partial charge < -0.3 is 18.9 Å². The first-order valence-electron chi connectivity index (χ1n) is 13.4. The molecule has 0 bridgehead atoms. The van der Waals surface area contributed by atoms with Crippen molar-refractivity contribution in [1.29, 1.82) is 0 Å². The number of hydrogen-bond donors (Lipinski definition) is 0. The van der Waals surface area contributed by atoms with Gasteiger partial charge in [-0.2, -0.15) is 0 Å². The monoisotopic (exact) mass is 634 g/mol. The quantitative estimate of drug-likeness (QED) is 0.135. The largest absolute Gasteiger partial charge is 0.457 e. The molecule has 10 heteroatoms. The first-order chi connectivity index (χ1) is 20.9. The first kappa shape index (κ1) is 32.3. The predicted molar refractivity (Wildman–Crippen MR) is 165 cm³/mol. The molecule has 0 radical (unpaired) electrons. The highest BCUT2D eigenvalue weighted by atomic mass is 35.5. The Kier molecular flexibility index (Phi) is 10.4. The summed E-state index contributed by atoms with van der Waals surface area (Å²) in [5.41, 5.74) is 3.22. The van der Waals surface area contributed by atoms with Crippen molar-refractivity contribution >= 4 is 47.1 Å². The number of rotatable bonds is 9. The van der Waals surface area contributed by atoms with Gasteiger partial charge in [0.15, 0.2) is 0 Å². The molecule has 0 atom stereocenters. The Morgan fingerprint density at radius 2 is 0.909 bits per heavy atom. The molecule has 0 aliphatic heterocycles. The predicted octanol–water partition coefficient (Wildman–Crippen LogP) is 7.84. The van der Waals surface area contributed by atoms with E-state index in [0.29, 0.717) is 43.4 Å². The Hall–Kier alpha value is -4.66. The molecule has 0 saturated heterocycles. The van der Waals surface area contributed by atoms with Gasteiger partial charge in [0, 0.05) is 35.0 Å². The molecule has 0 amide bonds. The number of carbonyl (C=O) groups is 4. The maximum Gasteiger partial charge on any atom is 0.339 e. The average molecular weight is 635 g/mol. The summed E-state index contributed by atoms with van der Waals surface area (Å²) in [6, 6.07) is 19.5. The second-order valence-electron chi connectivity index (χ2n) is 9.92. The minimum atomic E-state index is -0.726. The van der Waals surface area contributed by atoms with Crippen LogP contribution in [0.1, 0.15) is 56.8 Å². The smallest absolute Gasteiger partial charge is 0.339 e. The van der Waals surface area contributed by atoms with Gasteiger partial charge in [-0.05, 0) is 84.6 Å². The molecule has 0 aromatic heterocycles. The highest BCUT2D eigenvalue weighted by Crippen LogP contribution is 2.39. The van der Waals surface area contributed by atoms with E-state index in [0.717, 1.165) is 0 Å². The molecule has 0 N–H and O–H groups in total. The zero-order valence-electron chi connectivity index (χ0n) is 24.4. The van der Waals surface area contributed by atoms with Crippen LogP contribution in [0, 0.1) is 13.8 Å². The first-order valence-corrected chi connectivity index (χ1v) is 14.2. The number of aryl methyl sites for hydroxylation is 2. The Morgan fingerprint density at radius 1 is 0.568 bits per heavy atom. The van der Waals surface area contributed by atoms with Gasteiger partial charge in [0.25, 0.3) is 0 Å². The summed E-state index contributed by atoms with van der Waals surface area (Å²) in [4.78, 5) is 50.8. The minimum absolute atomic E-state index is 0.0466. The SMILES string of the molecule is CC(=O)Oc1cc(C)c(-c2c(C)cc(OC(C)=O)cc2C(=O)OCc2ccc(Cl)cc2)c(C(=O)OCc2ccc(Cl)cc2)c1. The molecule has 0 aliphatic carbocycles. The fourth-order valence-corrected chi connectivity index (χ4v) is 4.81. The van der Waals surface area contributed by atoms with Crippen LogP contribution in [-0.4, -0.2) is 23.9 Å². The fourth-order valence-electron chi connectivity index (χ4n) is 4.56. The van der Waals surface area contributed by atoms with Crippen molar-refractivity contribution in [3.63, 3.8) is 0 Å².